The molecule has 0 saturated carbocycles. The van der Waals surface area contributed by atoms with E-state index in [1.165, 1.54) is 6.07 Å². The Kier molecular flexibility index (Phi) is 5.71. The van der Waals surface area contributed by atoms with Gasteiger partial charge >= 0.3 is 0 Å². The average Bonchev–Trinajstić information content (AvgIpc) is 2.27. The molecular formula is C11H11ClF4O. The second-order valence-electron chi connectivity index (χ2n) is 3.40. The highest BCUT2D eigenvalue weighted by molar-refractivity contribution is 6.20. The quantitative estimate of drug-likeness (QED) is 0.432. The largest absolute Gasteiger partial charge is 0.375 e. The lowest BCUT2D eigenvalue weighted by Gasteiger charge is -2.10. The molecule has 17 heavy (non-hydrogen) atoms. The van der Waals surface area contributed by atoms with Crippen LogP contribution in [0.15, 0.2) is 18.2 Å². The van der Waals surface area contributed by atoms with Gasteiger partial charge < -0.3 is 4.74 Å². The molecule has 0 aromatic heterocycles. The van der Waals surface area contributed by atoms with Gasteiger partial charge in [0, 0.05) is 6.61 Å². The standard InChI is InChI=1S/C11H11ClF4O/c12-8(3-4-17-6-11(15)16)7-1-2-9(13)10(14)5-7/h1-2,5,8,11H,3-4,6H2. The highest BCUT2D eigenvalue weighted by atomic mass is 35.5. The summed E-state index contributed by atoms with van der Waals surface area (Å²) in [6, 6.07) is 3.31. The summed E-state index contributed by atoms with van der Waals surface area (Å²) in [6.07, 6.45) is -2.27. The van der Waals surface area contributed by atoms with Crippen LogP contribution in [0.4, 0.5) is 17.6 Å². The molecule has 0 fully saturated rings. The predicted octanol–water partition coefficient (Wildman–Crippen LogP) is 3.92. The van der Waals surface area contributed by atoms with E-state index in [0.29, 0.717) is 5.56 Å². The third-order valence-corrected chi connectivity index (χ3v) is 2.54. The van der Waals surface area contributed by atoms with Crippen LogP contribution >= 0.6 is 11.6 Å². The van der Waals surface area contributed by atoms with Gasteiger partial charge in [-0.2, -0.15) is 0 Å². The molecule has 96 valence electrons. The maximum Gasteiger partial charge on any atom is 0.261 e. The third-order valence-electron chi connectivity index (χ3n) is 2.06. The average molecular weight is 271 g/mol. The van der Waals surface area contributed by atoms with Crippen molar-refractivity contribution in [3.8, 4) is 0 Å². The van der Waals surface area contributed by atoms with E-state index in [1.54, 1.807) is 0 Å². The van der Waals surface area contributed by atoms with Gasteiger partial charge in [0.15, 0.2) is 11.6 Å². The van der Waals surface area contributed by atoms with E-state index in [9.17, 15) is 17.6 Å². The van der Waals surface area contributed by atoms with Gasteiger partial charge in [0.25, 0.3) is 6.43 Å². The molecule has 1 aromatic rings. The fourth-order valence-corrected chi connectivity index (χ4v) is 1.46. The highest BCUT2D eigenvalue weighted by Crippen LogP contribution is 2.25. The fourth-order valence-electron chi connectivity index (χ4n) is 1.23. The van der Waals surface area contributed by atoms with Gasteiger partial charge in [-0.15, -0.1) is 11.6 Å². The van der Waals surface area contributed by atoms with Crippen LogP contribution in [0.1, 0.15) is 17.4 Å². The SMILES string of the molecule is Fc1ccc(C(Cl)CCOCC(F)F)cc1F. The maximum atomic E-state index is 12.9. The van der Waals surface area contributed by atoms with E-state index in [0.717, 1.165) is 12.1 Å². The third kappa shape index (κ3) is 4.91. The van der Waals surface area contributed by atoms with Gasteiger partial charge in [-0.25, -0.2) is 17.6 Å². The molecule has 0 heterocycles. The van der Waals surface area contributed by atoms with Crippen LogP contribution in [0, 0.1) is 11.6 Å². The molecule has 0 aliphatic rings. The summed E-state index contributed by atoms with van der Waals surface area (Å²) >= 11 is 5.89. The Balaban J connectivity index is 2.41. The first-order valence-electron chi connectivity index (χ1n) is 4.95. The first-order chi connectivity index (χ1) is 8.00. The molecule has 0 N–H and O–H groups in total. The zero-order valence-electron chi connectivity index (χ0n) is 8.81. The summed E-state index contributed by atoms with van der Waals surface area (Å²) in [5.41, 5.74) is 0.395. The molecule has 6 heteroatoms. The van der Waals surface area contributed by atoms with Crippen LogP contribution in [0.3, 0.4) is 0 Å². The maximum absolute atomic E-state index is 12.9. The molecule has 0 aliphatic heterocycles. The number of rotatable bonds is 6. The smallest absolute Gasteiger partial charge is 0.261 e. The summed E-state index contributed by atoms with van der Waals surface area (Å²) < 4.78 is 53.6. The van der Waals surface area contributed by atoms with E-state index >= 15 is 0 Å². The zero-order valence-corrected chi connectivity index (χ0v) is 9.56. The van der Waals surface area contributed by atoms with Crippen molar-refractivity contribution in [3.05, 3.63) is 35.4 Å². The monoisotopic (exact) mass is 270 g/mol. The van der Waals surface area contributed by atoms with Crippen LogP contribution < -0.4 is 0 Å². The lowest BCUT2D eigenvalue weighted by atomic mass is 10.1. The number of benzene rings is 1. The molecule has 0 amide bonds. The van der Waals surface area contributed by atoms with Crippen molar-refractivity contribution in [2.24, 2.45) is 0 Å². The first-order valence-corrected chi connectivity index (χ1v) is 5.39. The van der Waals surface area contributed by atoms with Crippen molar-refractivity contribution in [3.63, 3.8) is 0 Å². The Bertz CT molecular complexity index is 359. The van der Waals surface area contributed by atoms with Gasteiger partial charge in [-0.1, -0.05) is 6.07 Å². The molecule has 1 nitrogen and oxygen atoms in total. The molecule has 0 aliphatic carbocycles. The molecule has 1 atom stereocenters. The molecule has 0 bridgehead atoms. The second-order valence-corrected chi connectivity index (χ2v) is 3.92. The Labute approximate surface area is 101 Å². The van der Waals surface area contributed by atoms with Crippen molar-refractivity contribution >= 4 is 11.6 Å². The fraction of sp³-hybridized carbons (Fsp3) is 0.455. The zero-order chi connectivity index (χ0) is 12.8. The Morgan fingerprint density at radius 1 is 1.18 bits per heavy atom. The van der Waals surface area contributed by atoms with E-state index in [4.69, 9.17) is 11.6 Å². The molecule has 0 spiro atoms. The summed E-state index contributed by atoms with van der Waals surface area (Å²) in [7, 11) is 0. The lowest BCUT2D eigenvalue weighted by Crippen LogP contribution is -2.07. The van der Waals surface area contributed by atoms with Crippen LogP contribution in [-0.2, 0) is 4.74 Å². The summed E-state index contributed by atoms with van der Waals surface area (Å²) in [5, 5.41) is -0.595. The minimum atomic E-state index is -2.52. The van der Waals surface area contributed by atoms with Gasteiger partial charge in [0.2, 0.25) is 0 Å². The van der Waals surface area contributed by atoms with E-state index in [2.05, 4.69) is 4.74 Å². The Morgan fingerprint density at radius 3 is 2.47 bits per heavy atom. The molecular weight excluding hydrogens is 260 g/mol. The van der Waals surface area contributed by atoms with Crippen LogP contribution in [0.2, 0.25) is 0 Å². The van der Waals surface area contributed by atoms with E-state index in [-0.39, 0.29) is 13.0 Å². The van der Waals surface area contributed by atoms with Crippen molar-refractivity contribution in [1.82, 2.24) is 0 Å². The summed E-state index contributed by atoms with van der Waals surface area (Å²) in [5.74, 6) is -1.94. The second kappa shape index (κ2) is 6.81. The van der Waals surface area contributed by atoms with E-state index in [1.807, 2.05) is 0 Å². The predicted molar refractivity (Wildman–Crippen MR) is 56.4 cm³/mol. The minimum absolute atomic E-state index is 0.0392. The normalized spacial score (nSPS) is 13.1. The van der Waals surface area contributed by atoms with Crippen molar-refractivity contribution < 1.29 is 22.3 Å². The van der Waals surface area contributed by atoms with Crippen molar-refractivity contribution in [2.45, 2.75) is 18.2 Å². The van der Waals surface area contributed by atoms with Crippen molar-refractivity contribution in [2.75, 3.05) is 13.2 Å². The first kappa shape index (κ1) is 14.3. The number of halogens is 5. The van der Waals surface area contributed by atoms with Crippen LogP contribution in [0.5, 0.6) is 0 Å². The number of hydrogen-bond acceptors (Lipinski definition) is 1. The topological polar surface area (TPSA) is 9.23 Å². The van der Waals surface area contributed by atoms with E-state index < -0.39 is 30.0 Å². The highest BCUT2D eigenvalue weighted by Gasteiger charge is 2.11. The lowest BCUT2D eigenvalue weighted by molar-refractivity contribution is 0.0165. The number of hydrogen-bond donors (Lipinski definition) is 0. The van der Waals surface area contributed by atoms with Gasteiger partial charge in [0.1, 0.15) is 6.61 Å². The molecule has 0 saturated heterocycles. The Morgan fingerprint density at radius 2 is 1.88 bits per heavy atom. The molecule has 0 radical (unpaired) electrons. The number of alkyl halides is 3. The van der Waals surface area contributed by atoms with Gasteiger partial charge in [-0.05, 0) is 24.1 Å². The molecule has 1 aromatic carbocycles. The minimum Gasteiger partial charge on any atom is -0.375 e. The molecule has 1 unspecified atom stereocenters. The van der Waals surface area contributed by atoms with Gasteiger partial charge in [0.05, 0.1) is 5.38 Å². The van der Waals surface area contributed by atoms with Gasteiger partial charge in [-0.3, -0.25) is 0 Å². The number of ether oxygens (including phenoxy) is 1. The van der Waals surface area contributed by atoms with Crippen LogP contribution in [-0.4, -0.2) is 19.6 Å². The van der Waals surface area contributed by atoms with Crippen molar-refractivity contribution in [1.29, 1.82) is 0 Å². The molecule has 1 rings (SSSR count). The summed E-state index contributed by atoms with van der Waals surface area (Å²) in [6.45, 7) is -0.612. The Hall–Kier alpha value is -0.810. The summed E-state index contributed by atoms with van der Waals surface area (Å²) in [4.78, 5) is 0. The van der Waals surface area contributed by atoms with Crippen LogP contribution in [0.25, 0.3) is 0 Å².